The lowest BCUT2D eigenvalue weighted by Crippen LogP contribution is -2.43. The highest BCUT2D eigenvalue weighted by Crippen LogP contribution is 2.42. The van der Waals surface area contributed by atoms with Crippen LogP contribution in [0.1, 0.15) is 117 Å². The summed E-state index contributed by atoms with van der Waals surface area (Å²) in [5, 5.41) is 0. The molecule has 1 aliphatic heterocycles. The van der Waals surface area contributed by atoms with Crippen molar-refractivity contribution in [2.24, 2.45) is 23.7 Å². The molecule has 0 radical (unpaired) electrons. The average molecular weight is 362 g/mol. The highest BCUT2D eigenvalue weighted by atomic mass is 15.2. The SMILES string of the molecule is CCCCC[C@H]1CC[C@H]([C@H]2CC[C@H](N3CCC(CCC)CC3)CC2)CC1. The quantitative estimate of drug-likeness (QED) is 0.406. The zero-order valence-electron chi connectivity index (χ0n) is 18.1. The maximum absolute atomic E-state index is 2.88. The summed E-state index contributed by atoms with van der Waals surface area (Å²) in [6, 6.07) is 0.944. The molecule has 0 aromatic heterocycles. The number of piperidine rings is 1. The number of rotatable bonds is 8. The van der Waals surface area contributed by atoms with E-state index in [1.807, 2.05) is 0 Å². The molecule has 0 bridgehead atoms. The standard InChI is InChI=1S/C25H47N/c1-3-5-6-8-22-9-11-23(12-10-22)24-13-15-25(16-14-24)26-19-17-21(7-4-2)18-20-26/h21-25H,3-20H2,1-2H3/t22-,23-,24-,25-. The third-order valence-electron chi connectivity index (χ3n) is 8.38. The van der Waals surface area contributed by atoms with Gasteiger partial charge in [-0.2, -0.15) is 0 Å². The van der Waals surface area contributed by atoms with Crippen molar-refractivity contribution in [3.8, 4) is 0 Å². The van der Waals surface area contributed by atoms with Crippen molar-refractivity contribution in [3.05, 3.63) is 0 Å². The molecule has 0 aromatic rings. The Labute approximate surface area is 164 Å². The van der Waals surface area contributed by atoms with Gasteiger partial charge in [-0.15, -0.1) is 0 Å². The summed E-state index contributed by atoms with van der Waals surface area (Å²) in [6.45, 7) is 7.50. The number of hydrogen-bond donors (Lipinski definition) is 0. The Bertz CT molecular complexity index is 354. The fourth-order valence-electron chi connectivity index (χ4n) is 6.58. The first-order chi connectivity index (χ1) is 12.8. The van der Waals surface area contributed by atoms with Crippen molar-refractivity contribution in [2.75, 3.05) is 13.1 Å². The number of likely N-dealkylation sites (tertiary alicyclic amines) is 1. The van der Waals surface area contributed by atoms with E-state index >= 15 is 0 Å². The summed E-state index contributed by atoms with van der Waals surface area (Å²) in [4.78, 5) is 2.88. The zero-order valence-corrected chi connectivity index (χ0v) is 18.1. The molecule has 0 amide bonds. The van der Waals surface area contributed by atoms with Gasteiger partial charge in [0.2, 0.25) is 0 Å². The van der Waals surface area contributed by atoms with Gasteiger partial charge in [0.15, 0.2) is 0 Å². The fraction of sp³-hybridized carbons (Fsp3) is 1.00. The third kappa shape index (κ3) is 5.98. The van der Waals surface area contributed by atoms with Gasteiger partial charge in [0.25, 0.3) is 0 Å². The van der Waals surface area contributed by atoms with Crippen molar-refractivity contribution in [1.82, 2.24) is 4.90 Å². The van der Waals surface area contributed by atoms with Crippen LogP contribution in [0.2, 0.25) is 0 Å². The first kappa shape index (κ1) is 20.7. The van der Waals surface area contributed by atoms with Crippen LogP contribution in [-0.4, -0.2) is 24.0 Å². The van der Waals surface area contributed by atoms with Crippen LogP contribution >= 0.6 is 0 Å². The number of nitrogens with zero attached hydrogens (tertiary/aromatic N) is 1. The van der Waals surface area contributed by atoms with E-state index in [-0.39, 0.29) is 0 Å². The van der Waals surface area contributed by atoms with E-state index in [0.717, 1.165) is 29.7 Å². The van der Waals surface area contributed by atoms with Crippen molar-refractivity contribution < 1.29 is 0 Å². The maximum atomic E-state index is 2.88. The minimum Gasteiger partial charge on any atom is -0.300 e. The Kier molecular flexibility index (Phi) is 8.82. The van der Waals surface area contributed by atoms with Crippen LogP contribution in [0.4, 0.5) is 0 Å². The summed E-state index contributed by atoms with van der Waals surface area (Å²) in [5.74, 6) is 4.30. The molecule has 152 valence electrons. The molecule has 1 nitrogen and oxygen atoms in total. The predicted octanol–water partition coefficient (Wildman–Crippen LogP) is 7.44. The minimum absolute atomic E-state index is 0.944. The Balaban J connectivity index is 1.32. The minimum atomic E-state index is 0.944. The van der Waals surface area contributed by atoms with Gasteiger partial charge >= 0.3 is 0 Å². The molecule has 1 heteroatoms. The molecule has 2 aliphatic carbocycles. The lowest BCUT2D eigenvalue weighted by Gasteiger charge is -2.43. The largest absolute Gasteiger partial charge is 0.300 e. The normalized spacial score (nSPS) is 34.8. The van der Waals surface area contributed by atoms with Crippen LogP contribution in [0.25, 0.3) is 0 Å². The van der Waals surface area contributed by atoms with E-state index in [9.17, 15) is 0 Å². The second kappa shape index (κ2) is 11.1. The summed E-state index contributed by atoms with van der Waals surface area (Å²) < 4.78 is 0. The van der Waals surface area contributed by atoms with E-state index < -0.39 is 0 Å². The first-order valence-corrected chi connectivity index (χ1v) is 12.5. The van der Waals surface area contributed by atoms with Gasteiger partial charge < -0.3 is 4.90 Å². The summed E-state index contributed by atoms with van der Waals surface area (Å²) in [7, 11) is 0. The first-order valence-electron chi connectivity index (χ1n) is 12.5. The van der Waals surface area contributed by atoms with Crippen LogP contribution in [0.5, 0.6) is 0 Å². The van der Waals surface area contributed by atoms with Crippen molar-refractivity contribution in [2.45, 2.75) is 123 Å². The molecule has 0 N–H and O–H groups in total. The van der Waals surface area contributed by atoms with Crippen LogP contribution in [0, 0.1) is 23.7 Å². The van der Waals surface area contributed by atoms with Gasteiger partial charge in [0.05, 0.1) is 0 Å². The molecular formula is C25H47N. The van der Waals surface area contributed by atoms with Crippen LogP contribution in [-0.2, 0) is 0 Å². The monoisotopic (exact) mass is 361 g/mol. The van der Waals surface area contributed by atoms with Gasteiger partial charge in [-0.1, -0.05) is 65.2 Å². The van der Waals surface area contributed by atoms with Crippen LogP contribution in [0.15, 0.2) is 0 Å². The molecule has 2 saturated carbocycles. The van der Waals surface area contributed by atoms with Crippen LogP contribution in [0.3, 0.4) is 0 Å². The van der Waals surface area contributed by atoms with Gasteiger partial charge in [0, 0.05) is 6.04 Å². The molecule has 1 saturated heterocycles. The van der Waals surface area contributed by atoms with Crippen molar-refractivity contribution in [1.29, 1.82) is 0 Å². The second-order valence-corrected chi connectivity index (χ2v) is 10.1. The van der Waals surface area contributed by atoms with E-state index in [4.69, 9.17) is 0 Å². The molecule has 3 fully saturated rings. The molecule has 0 unspecified atom stereocenters. The predicted molar refractivity (Wildman–Crippen MR) is 115 cm³/mol. The topological polar surface area (TPSA) is 3.24 Å². The van der Waals surface area contributed by atoms with E-state index in [2.05, 4.69) is 18.7 Å². The lowest BCUT2D eigenvalue weighted by atomic mass is 9.69. The smallest absolute Gasteiger partial charge is 0.00954 e. The number of unbranched alkanes of at least 4 members (excludes halogenated alkanes) is 2. The zero-order chi connectivity index (χ0) is 18.2. The molecule has 0 spiro atoms. The molecule has 3 rings (SSSR count). The van der Waals surface area contributed by atoms with Crippen molar-refractivity contribution in [3.63, 3.8) is 0 Å². The third-order valence-corrected chi connectivity index (χ3v) is 8.38. The average Bonchev–Trinajstić information content (AvgIpc) is 2.70. The van der Waals surface area contributed by atoms with E-state index in [1.165, 1.54) is 77.3 Å². The van der Waals surface area contributed by atoms with Crippen molar-refractivity contribution >= 4 is 0 Å². The summed E-state index contributed by atoms with van der Waals surface area (Å²) >= 11 is 0. The highest BCUT2D eigenvalue weighted by Gasteiger charge is 2.33. The molecule has 0 atom stereocenters. The number of hydrogen-bond acceptors (Lipinski definition) is 1. The molecule has 3 aliphatic rings. The van der Waals surface area contributed by atoms with E-state index in [1.54, 1.807) is 38.5 Å². The highest BCUT2D eigenvalue weighted by molar-refractivity contribution is 4.86. The summed E-state index contributed by atoms with van der Waals surface area (Å²) in [6.07, 6.45) is 24.0. The summed E-state index contributed by atoms with van der Waals surface area (Å²) in [5.41, 5.74) is 0. The maximum Gasteiger partial charge on any atom is 0.00954 e. The van der Waals surface area contributed by atoms with Gasteiger partial charge in [0.1, 0.15) is 0 Å². The van der Waals surface area contributed by atoms with Gasteiger partial charge in [-0.25, -0.2) is 0 Å². The Morgan fingerprint density at radius 1 is 0.577 bits per heavy atom. The van der Waals surface area contributed by atoms with Gasteiger partial charge in [-0.3, -0.25) is 0 Å². The molecule has 0 aromatic carbocycles. The lowest BCUT2D eigenvalue weighted by molar-refractivity contribution is 0.0720. The Morgan fingerprint density at radius 2 is 1.15 bits per heavy atom. The fourth-order valence-corrected chi connectivity index (χ4v) is 6.58. The van der Waals surface area contributed by atoms with Crippen LogP contribution < -0.4 is 0 Å². The Morgan fingerprint density at radius 3 is 1.73 bits per heavy atom. The molecule has 1 heterocycles. The molecular weight excluding hydrogens is 314 g/mol. The molecule has 26 heavy (non-hydrogen) atoms. The second-order valence-electron chi connectivity index (χ2n) is 10.1. The van der Waals surface area contributed by atoms with Gasteiger partial charge in [-0.05, 0) is 88.1 Å². The Hall–Kier alpha value is -0.0400. The van der Waals surface area contributed by atoms with E-state index in [0.29, 0.717) is 0 Å².